The molecule has 5 N–H and O–H groups in total. The first-order chi connectivity index (χ1) is 7.99. The fourth-order valence-corrected chi connectivity index (χ4v) is 1.18. The summed E-state index contributed by atoms with van der Waals surface area (Å²) < 4.78 is 4.96. The van der Waals surface area contributed by atoms with Crippen LogP contribution < -0.4 is 21.9 Å². The highest BCUT2D eigenvalue weighted by Gasteiger charge is 2.06. The lowest BCUT2D eigenvalue weighted by atomic mass is 10.4. The van der Waals surface area contributed by atoms with E-state index in [2.05, 4.69) is 21.1 Å². The molecule has 0 spiro atoms. The standard InChI is InChI=1S/C10H23N5O2/c1-7(2)13-9(16)5-12-10(15-11)14-8(3)6-17-4/h7-8H,5-6,11H2,1-4H3,(H,13,16)(H2,12,14,15). The first-order valence-corrected chi connectivity index (χ1v) is 5.55. The first-order valence-electron chi connectivity index (χ1n) is 5.55. The number of hydrazine groups is 1. The first kappa shape index (κ1) is 15.7. The Morgan fingerprint density at radius 1 is 1.35 bits per heavy atom. The highest BCUT2D eigenvalue weighted by atomic mass is 16.5. The van der Waals surface area contributed by atoms with Crippen LogP contribution in [0.15, 0.2) is 4.99 Å². The molecule has 0 aliphatic rings. The quantitative estimate of drug-likeness (QED) is 0.207. The Morgan fingerprint density at radius 2 is 2.00 bits per heavy atom. The summed E-state index contributed by atoms with van der Waals surface area (Å²) >= 11 is 0. The van der Waals surface area contributed by atoms with Crippen LogP contribution in [0, 0.1) is 0 Å². The van der Waals surface area contributed by atoms with E-state index in [1.165, 1.54) is 0 Å². The number of amides is 1. The minimum absolute atomic E-state index is 0.0322. The second-order valence-electron chi connectivity index (χ2n) is 4.03. The molecule has 0 fully saturated rings. The molecule has 0 aromatic carbocycles. The molecule has 0 aliphatic carbocycles. The largest absolute Gasteiger partial charge is 0.383 e. The fraction of sp³-hybridized carbons (Fsp3) is 0.800. The van der Waals surface area contributed by atoms with E-state index in [-0.39, 0.29) is 24.5 Å². The Bertz CT molecular complexity index is 255. The summed E-state index contributed by atoms with van der Waals surface area (Å²) in [7, 11) is 1.61. The molecule has 1 unspecified atom stereocenters. The second kappa shape index (κ2) is 8.77. The van der Waals surface area contributed by atoms with Gasteiger partial charge >= 0.3 is 0 Å². The van der Waals surface area contributed by atoms with Crippen LogP contribution >= 0.6 is 0 Å². The number of methoxy groups -OCH3 is 1. The lowest BCUT2D eigenvalue weighted by Gasteiger charge is -2.15. The molecule has 0 saturated heterocycles. The molecule has 1 atom stereocenters. The summed E-state index contributed by atoms with van der Waals surface area (Å²) in [5.41, 5.74) is 2.40. The average molecular weight is 245 g/mol. The number of hydrogen-bond acceptors (Lipinski definition) is 4. The molecule has 17 heavy (non-hydrogen) atoms. The summed E-state index contributed by atoms with van der Waals surface area (Å²) in [4.78, 5) is 15.4. The molecule has 100 valence electrons. The summed E-state index contributed by atoms with van der Waals surface area (Å²) in [6, 6.07) is 0.162. The number of carbonyl (C=O) groups excluding carboxylic acids is 1. The van der Waals surface area contributed by atoms with Crippen LogP contribution in [0.2, 0.25) is 0 Å². The number of rotatable bonds is 6. The minimum atomic E-state index is -0.144. The highest BCUT2D eigenvalue weighted by molar-refractivity contribution is 5.84. The van der Waals surface area contributed by atoms with Crippen LogP contribution in [-0.2, 0) is 9.53 Å². The maximum Gasteiger partial charge on any atom is 0.242 e. The number of carbonyl (C=O) groups is 1. The number of hydrogen-bond donors (Lipinski definition) is 4. The molecule has 7 heteroatoms. The van der Waals surface area contributed by atoms with E-state index in [0.29, 0.717) is 12.6 Å². The van der Waals surface area contributed by atoms with E-state index in [4.69, 9.17) is 10.6 Å². The van der Waals surface area contributed by atoms with Gasteiger partial charge in [0.05, 0.1) is 6.61 Å². The Labute approximate surface area is 102 Å². The van der Waals surface area contributed by atoms with Crippen LogP contribution in [0.1, 0.15) is 20.8 Å². The molecule has 0 aromatic heterocycles. The van der Waals surface area contributed by atoms with Crippen molar-refractivity contribution in [2.24, 2.45) is 10.8 Å². The van der Waals surface area contributed by atoms with Crippen molar-refractivity contribution < 1.29 is 9.53 Å². The average Bonchev–Trinajstić information content (AvgIpc) is 2.23. The maximum atomic E-state index is 11.3. The molecular formula is C10H23N5O2. The lowest BCUT2D eigenvalue weighted by molar-refractivity contribution is -0.120. The van der Waals surface area contributed by atoms with Crippen LogP contribution in [0.5, 0.6) is 0 Å². The van der Waals surface area contributed by atoms with E-state index >= 15 is 0 Å². The van der Waals surface area contributed by atoms with E-state index in [1.807, 2.05) is 20.8 Å². The van der Waals surface area contributed by atoms with Crippen LogP contribution in [-0.4, -0.2) is 44.2 Å². The van der Waals surface area contributed by atoms with Gasteiger partial charge in [0.25, 0.3) is 0 Å². The van der Waals surface area contributed by atoms with Crippen molar-refractivity contribution in [2.45, 2.75) is 32.9 Å². The van der Waals surface area contributed by atoms with Crippen molar-refractivity contribution in [3.05, 3.63) is 0 Å². The van der Waals surface area contributed by atoms with Gasteiger partial charge in [0, 0.05) is 19.2 Å². The second-order valence-corrected chi connectivity index (χ2v) is 4.03. The van der Waals surface area contributed by atoms with Gasteiger partial charge in [0.15, 0.2) is 0 Å². The van der Waals surface area contributed by atoms with Gasteiger partial charge in [-0.1, -0.05) is 0 Å². The Balaban J connectivity index is 4.12. The highest BCUT2D eigenvalue weighted by Crippen LogP contribution is 1.83. The topological polar surface area (TPSA) is 101 Å². The van der Waals surface area contributed by atoms with Crippen LogP contribution in [0.4, 0.5) is 0 Å². The summed E-state index contributed by atoms with van der Waals surface area (Å²) in [5, 5.41) is 5.72. The molecule has 1 amide bonds. The number of guanidine groups is 1. The summed E-state index contributed by atoms with van der Waals surface area (Å²) in [6.07, 6.45) is 0. The van der Waals surface area contributed by atoms with Gasteiger partial charge in [-0.15, -0.1) is 0 Å². The van der Waals surface area contributed by atoms with Gasteiger partial charge in [-0.2, -0.15) is 0 Å². The zero-order valence-electron chi connectivity index (χ0n) is 10.9. The van der Waals surface area contributed by atoms with E-state index < -0.39 is 0 Å². The molecule has 0 bridgehead atoms. The van der Waals surface area contributed by atoms with Gasteiger partial charge in [-0.05, 0) is 20.8 Å². The van der Waals surface area contributed by atoms with Gasteiger partial charge in [-0.25, -0.2) is 10.8 Å². The lowest BCUT2D eigenvalue weighted by Crippen LogP contribution is -2.47. The summed E-state index contributed by atoms with van der Waals surface area (Å²) in [6.45, 7) is 6.26. The maximum absolute atomic E-state index is 11.3. The van der Waals surface area contributed by atoms with E-state index in [0.717, 1.165) is 0 Å². The van der Waals surface area contributed by atoms with Crippen molar-refractivity contribution in [3.8, 4) is 0 Å². The third-order valence-corrected chi connectivity index (χ3v) is 1.77. The molecule has 0 aromatic rings. The van der Waals surface area contributed by atoms with Crippen LogP contribution in [0.25, 0.3) is 0 Å². The molecule has 0 aliphatic heterocycles. The Kier molecular flexibility index (Phi) is 8.08. The predicted octanol–water partition coefficient (Wildman–Crippen LogP) is -1.05. The van der Waals surface area contributed by atoms with Crippen molar-refractivity contribution in [1.82, 2.24) is 16.1 Å². The molecule has 0 radical (unpaired) electrons. The van der Waals surface area contributed by atoms with Crippen molar-refractivity contribution in [2.75, 3.05) is 20.3 Å². The van der Waals surface area contributed by atoms with Gasteiger partial charge in [0.2, 0.25) is 11.9 Å². The Hall–Kier alpha value is -1.34. The number of aliphatic imine (C=N–C) groups is 1. The molecule has 7 nitrogen and oxygen atoms in total. The summed E-state index contributed by atoms with van der Waals surface area (Å²) in [5.74, 6) is 5.51. The number of ether oxygens (including phenoxy) is 1. The smallest absolute Gasteiger partial charge is 0.242 e. The zero-order valence-corrected chi connectivity index (χ0v) is 10.9. The van der Waals surface area contributed by atoms with Gasteiger partial charge in [-0.3, -0.25) is 10.2 Å². The number of nitrogens with two attached hydrogens (primary N) is 1. The zero-order chi connectivity index (χ0) is 13.3. The van der Waals surface area contributed by atoms with E-state index in [1.54, 1.807) is 7.11 Å². The molecule has 0 saturated carbocycles. The van der Waals surface area contributed by atoms with Crippen molar-refractivity contribution >= 4 is 11.9 Å². The third-order valence-electron chi connectivity index (χ3n) is 1.77. The monoisotopic (exact) mass is 245 g/mol. The molecular weight excluding hydrogens is 222 g/mol. The minimum Gasteiger partial charge on any atom is -0.383 e. The van der Waals surface area contributed by atoms with Crippen molar-refractivity contribution in [3.63, 3.8) is 0 Å². The third kappa shape index (κ3) is 8.47. The SMILES string of the molecule is COCC(C)NC(=NCC(=O)NC(C)C)NN. The van der Waals surface area contributed by atoms with E-state index in [9.17, 15) is 4.79 Å². The normalized spacial score (nSPS) is 13.4. The van der Waals surface area contributed by atoms with Gasteiger partial charge < -0.3 is 15.4 Å². The fourth-order valence-electron chi connectivity index (χ4n) is 1.18. The van der Waals surface area contributed by atoms with Crippen molar-refractivity contribution in [1.29, 1.82) is 0 Å². The predicted molar refractivity (Wildman–Crippen MR) is 67.4 cm³/mol. The molecule has 0 rings (SSSR count). The number of nitrogens with one attached hydrogen (secondary N) is 3. The number of nitrogens with zero attached hydrogens (tertiary/aromatic N) is 1. The molecule has 0 heterocycles. The van der Waals surface area contributed by atoms with Crippen LogP contribution in [0.3, 0.4) is 0 Å². The Morgan fingerprint density at radius 3 is 2.47 bits per heavy atom. The van der Waals surface area contributed by atoms with Gasteiger partial charge in [0.1, 0.15) is 6.54 Å².